The predicted octanol–water partition coefficient (Wildman–Crippen LogP) is 2.73. The number of hydrogen-bond donors (Lipinski definition) is 0. The lowest BCUT2D eigenvalue weighted by atomic mass is 10.6. The first-order chi connectivity index (χ1) is 6.19. The van der Waals surface area contributed by atoms with E-state index < -0.39 is 0 Å². The molecule has 0 fully saturated rings. The second-order valence-corrected chi connectivity index (χ2v) is 4.04. The Morgan fingerprint density at radius 2 is 2.15 bits per heavy atom. The molecule has 0 aliphatic heterocycles. The lowest BCUT2D eigenvalue weighted by Crippen LogP contribution is -1.93. The van der Waals surface area contributed by atoms with Crippen molar-refractivity contribution < 1.29 is 0 Å². The Kier molecular flexibility index (Phi) is 3.85. The fourth-order valence-electron chi connectivity index (χ4n) is 0.788. The van der Waals surface area contributed by atoms with Crippen LogP contribution in [0.2, 0.25) is 5.15 Å². The molecule has 1 rings (SSSR count). The molecule has 0 spiro atoms. The van der Waals surface area contributed by atoms with Crippen molar-refractivity contribution in [2.45, 2.75) is 16.8 Å². The Morgan fingerprint density at radius 1 is 1.46 bits per heavy atom. The Bertz CT molecular complexity index is 361. The third-order valence-corrected chi connectivity index (χ3v) is 3.14. The number of thiocyanates is 1. The monoisotopic (exact) mass is 231 g/mol. The van der Waals surface area contributed by atoms with Crippen LogP contribution in [0.4, 0.5) is 0 Å². The van der Waals surface area contributed by atoms with Gasteiger partial charge < -0.3 is 0 Å². The van der Waals surface area contributed by atoms with E-state index in [0.29, 0.717) is 16.0 Å². The lowest BCUT2D eigenvalue weighted by molar-refractivity contribution is 0.907. The van der Waals surface area contributed by atoms with Gasteiger partial charge in [-0.1, -0.05) is 11.6 Å². The molecule has 0 aromatic carbocycles. The Hall–Kier alpha value is -0.440. The van der Waals surface area contributed by atoms with E-state index in [2.05, 4.69) is 9.97 Å². The van der Waals surface area contributed by atoms with Crippen molar-refractivity contribution in [2.24, 2.45) is 0 Å². The molecule has 0 N–H and O–H groups in total. The maximum absolute atomic E-state index is 8.52. The summed E-state index contributed by atoms with van der Waals surface area (Å²) in [6, 6.07) is 0. The van der Waals surface area contributed by atoms with Gasteiger partial charge in [0.05, 0.1) is 4.90 Å². The van der Waals surface area contributed by atoms with Crippen molar-refractivity contribution in [3.63, 3.8) is 0 Å². The molecule has 0 bridgehead atoms. The van der Waals surface area contributed by atoms with Gasteiger partial charge in [-0.2, -0.15) is 5.26 Å². The molecular weight excluding hydrogens is 226 g/mol. The highest BCUT2D eigenvalue weighted by atomic mass is 35.5. The molecule has 0 saturated carbocycles. The second-order valence-electron chi connectivity index (χ2n) is 2.09. The van der Waals surface area contributed by atoms with E-state index in [1.54, 1.807) is 6.92 Å². The summed E-state index contributed by atoms with van der Waals surface area (Å²) in [5.74, 6) is 0.584. The van der Waals surface area contributed by atoms with Gasteiger partial charge in [-0.05, 0) is 13.2 Å². The Labute approximate surface area is 89.9 Å². The Morgan fingerprint density at radius 3 is 2.69 bits per heavy atom. The second kappa shape index (κ2) is 4.70. The van der Waals surface area contributed by atoms with Crippen LogP contribution < -0.4 is 0 Å². The third-order valence-electron chi connectivity index (χ3n) is 1.25. The molecule has 0 radical (unpaired) electrons. The smallest absolute Gasteiger partial charge is 0.147 e. The van der Waals surface area contributed by atoms with Crippen LogP contribution in [0.5, 0.6) is 0 Å². The summed E-state index contributed by atoms with van der Waals surface area (Å²) >= 11 is 8.32. The number of nitriles is 1. The highest BCUT2D eigenvalue weighted by Gasteiger charge is 2.10. The summed E-state index contributed by atoms with van der Waals surface area (Å²) in [7, 11) is 0. The van der Waals surface area contributed by atoms with E-state index in [1.807, 2.05) is 11.7 Å². The van der Waals surface area contributed by atoms with Crippen molar-refractivity contribution in [3.8, 4) is 5.40 Å². The molecule has 13 heavy (non-hydrogen) atoms. The number of nitrogens with zero attached hydrogens (tertiary/aromatic N) is 3. The third kappa shape index (κ3) is 2.50. The summed E-state index contributed by atoms with van der Waals surface area (Å²) in [5, 5.41) is 11.5. The zero-order valence-electron chi connectivity index (χ0n) is 7.04. The van der Waals surface area contributed by atoms with Crippen molar-refractivity contribution in [1.82, 2.24) is 9.97 Å². The topological polar surface area (TPSA) is 49.6 Å². The molecule has 1 aromatic heterocycles. The van der Waals surface area contributed by atoms with E-state index in [4.69, 9.17) is 16.9 Å². The first-order valence-corrected chi connectivity index (χ1v) is 5.75. The minimum atomic E-state index is 0.415. The zero-order chi connectivity index (χ0) is 9.84. The van der Waals surface area contributed by atoms with Crippen molar-refractivity contribution in [2.75, 3.05) is 6.26 Å². The molecule has 68 valence electrons. The summed E-state index contributed by atoms with van der Waals surface area (Å²) < 4.78 is 0. The van der Waals surface area contributed by atoms with Crippen molar-refractivity contribution in [3.05, 3.63) is 11.0 Å². The number of thioether (sulfide) groups is 2. The van der Waals surface area contributed by atoms with Gasteiger partial charge in [0.25, 0.3) is 0 Å². The van der Waals surface area contributed by atoms with Crippen LogP contribution in [-0.2, 0) is 0 Å². The van der Waals surface area contributed by atoms with E-state index in [0.717, 1.165) is 16.7 Å². The fraction of sp³-hybridized carbons (Fsp3) is 0.286. The standard InChI is InChI=1S/C7H6ClN3S2/c1-4-10-6(8)5(12-2)7(11-4)13-3-9/h1-2H3. The summed E-state index contributed by atoms with van der Waals surface area (Å²) in [6.07, 6.45) is 1.88. The molecular formula is C7H6ClN3S2. The van der Waals surface area contributed by atoms with Crippen LogP contribution >= 0.6 is 35.1 Å². The first kappa shape index (κ1) is 10.6. The number of hydrogen-bond acceptors (Lipinski definition) is 5. The maximum atomic E-state index is 8.52. The van der Waals surface area contributed by atoms with Crippen LogP contribution in [0.1, 0.15) is 5.82 Å². The van der Waals surface area contributed by atoms with Gasteiger partial charge in [-0.15, -0.1) is 11.8 Å². The van der Waals surface area contributed by atoms with Crippen LogP contribution in [0, 0.1) is 17.6 Å². The molecule has 0 unspecified atom stereocenters. The minimum absolute atomic E-state index is 0.415. The minimum Gasteiger partial charge on any atom is -0.225 e. The summed E-state index contributed by atoms with van der Waals surface area (Å²) in [5.41, 5.74) is 0. The SMILES string of the molecule is CSc1c(Cl)nc(C)nc1SC#N. The number of aryl methyl sites for hydroxylation is 1. The summed E-state index contributed by atoms with van der Waals surface area (Å²) in [4.78, 5) is 8.88. The van der Waals surface area contributed by atoms with Crippen molar-refractivity contribution in [1.29, 1.82) is 5.26 Å². The number of halogens is 1. The molecule has 0 amide bonds. The largest absolute Gasteiger partial charge is 0.225 e. The van der Waals surface area contributed by atoms with Crippen LogP contribution in [0.3, 0.4) is 0 Å². The van der Waals surface area contributed by atoms with Gasteiger partial charge in [0.1, 0.15) is 21.4 Å². The number of rotatable bonds is 2. The molecule has 1 heterocycles. The van der Waals surface area contributed by atoms with E-state index in [-0.39, 0.29) is 0 Å². The number of aromatic nitrogens is 2. The van der Waals surface area contributed by atoms with Gasteiger partial charge >= 0.3 is 0 Å². The predicted molar refractivity (Wildman–Crippen MR) is 55.0 cm³/mol. The van der Waals surface area contributed by atoms with Crippen molar-refractivity contribution >= 4 is 35.1 Å². The normalized spacial score (nSPS) is 9.69. The van der Waals surface area contributed by atoms with E-state index >= 15 is 0 Å². The highest BCUT2D eigenvalue weighted by molar-refractivity contribution is 8.05. The molecule has 1 aromatic rings. The molecule has 3 nitrogen and oxygen atoms in total. The molecule has 6 heteroatoms. The molecule has 0 aliphatic carbocycles. The maximum Gasteiger partial charge on any atom is 0.147 e. The summed E-state index contributed by atoms with van der Waals surface area (Å²) in [6.45, 7) is 1.75. The highest BCUT2D eigenvalue weighted by Crippen LogP contribution is 2.32. The van der Waals surface area contributed by atoms with Gasteiger partial charge in [-0.3, -0.25) is 0 Å². The molecule has 0 aliphatic rings. The molecule has 0 atom stereocenters. The van der Waals surface area contributed by atoms with E-state index in [1.165, 1.54) is 11.8 Å². The van der Waals surface area contributed by atoms with Crippen LogP contribution in [0.15, 0.2) is 9.92 Å². The quantitative estimate of drug-likeness (QED) is 0.445. The Balaban J connectivity index is 3.23. The lowest BCUT2D eigenvalue weighted by Gasteiger charge is -2.04. The van der Waals surface area contributed by atoms with Gasteiger partial charge in [-0.25, -0.2) is 9.97 Å². The zero-order valence-corrected chi connectivity index (χ0v) is 9.43. The van der Waals surface area contributed by atoms with E-state index in [9.17, 15) is 0 Å². The average Bonchev–Trinajstić information content (AvgIpc) is 2.04. The average molecular weight is 232 g/mol. The van der Waals surface area contributed by atoms with Gasteiger partial charge in [0, 0.05) is 11.8 Å². The van der Waals surface area contributed by atoms with Crippen LogP contribution in [0.25, 0.3) is 0 Å². The first-order valence-electron chi connectivity index (χ1n) is 3.33. The van der Waals surface area contributed by atoms with Crippen LogP contribution in [-0.4, -0.2) is 16.2 Å². The van der Waals surface area contributed by atoms with Gasteiger partial charge in [0.15, 0.2) is 0 Å². The van der Waals surface area contributed by atoms with Gasteiger partial charge in [0.2, 0.25) is 0 Å². The molecule has 0 saturated heterocycles. The fourth-order valence-corrected chi connectivity index (χ4v) is 2.55.